The molecule has 2 aromatic heterocycles. The van der Waals surface area contributed by atoms with Gasteiger partial charge >= 0.3 is 0 Å². The third kappa shape index (κ3) is 2.63. The minimum absolute atomic E-state index is 0.0374. The van der Waals surface area contributed by atoms with Gasteiger partial charge in [-0.05, 0) is 38.7 Å². The average molecular weight is 287 g/mol. The number of H-pyrrole nitrogens is 1. The van der Waals surface area contributed by atoms with E-state index in [-0.39, 0.29) is 11.9 Å². The number of rotatable bonds is 2. The fraction of sp³-hybridized carbons (Fsp3) is 0.533. The van der Waals surface area contributed by atoms with Gasteiger partial charge in [-0.2, -0.15) is 5.10 Å². The van der Waals surface area contributed by atoms with Crippen molar-refractivity contribution in [1.82, 2.24) is 20.1 Å². The summed E-state index contributed by atoms with van der Waals surface area (Å²) in [4.78, 5) is 18.8. The molecular formula is C15H21N5O. The molecule has 1 aliphatic heterocycles. The zero-order valence-electron chi connectivity index (χ0n) is 12.5. The molecule has 6 heteroatoms. The maximum atomic E-state index is 12.7. The molecule has 3 N–H and O–H groups in total. The van der Waals surface area contributed by atoms with E-state index in [2.05, 4.69) is 15.2 Å². The Morgan fingerprint density at radius 1 is 1.57 bits per heavy atom. The molecule has 2 atom stereocenters. The summed E-state index contributed by atoms with van der Waals surface area (Å²) < 4.78 is 0. The lowest BCUT2D eigenvalue weighted by molar-refractivity contribution is 0.0660. The third-order valence-electron chi connectivity index (χ3n) is 4.34. The van der Waals surface area contributed by atoms with Gasteiger partial charge in [0.25, 0.3) is 5.91 Å². The summed E-state index contributed by atoms with van der Waals surface area (Å²) in [5.41, 5.74) is 8.19. The summed E-state index contributed by atoms with van der Waals surface area (Å²) in [6.07, 6.45) is 3.72. The molecule has 1 aliphatic rings. The molecule has 0 aliphatic carbocycles. The second-order valence-electron chi connectivity index (χ2n) is 5.96. The molecule has 3 heterocycles. The standard InChI is InChI=1S/C15H21N5O/c1-9(16)11-4-3-5-20(8-11)15(21)12-6-13-10(2)18-19-14(13)17-7-12/h6-7,9,11H,3-5,8,16H2,1-2H3,(H,17,18,19). The number of carbonyl (C=O) groups excluding carboxylic acids is 1. The van der Waals surface area contributed by atoms with Crippen LogP contribution in [-0.4, -0.2) is 45.1 Å². The van der Waals surface area contributed by atoms with Gasteiger partial charge in [0.05, 0.1) is 5.56 Å². The van der Waals surface area contributed by atoms with Gasteiger partial charge in [0, 0.05) is 36.4 Å². The number of aryl methyl sites for hydroxylation is 1. The molecule has 112 valence electrons. The summed E-state index contributed by atoms with van der Waals surface area (Å²) in [7, 11) is 0. The van der Waals surface area contributed by atoms with Crippen molar-refractivity contribution < 1.29 is 4.79 Å². The highest BCUT2D eigenvalue weighted by molar-refractivity contribution is 5.97. The highest BCUT2D eigenvalue weighted by Gasteiger charge is 2.26. The van der Waals surface area contributed by atoms with E-state index in [1.165, 1.54) is 0 Å². The van der Waals surface area contributed by atoms with E-state index in [1.807, 2.05) is 24.8 Å². The van der Waals surface area contributed by atoms with Crippen molar-refractivity contribution in [2.75, 3.05) is 13.1 Å². The van der Waals surface area contributed by atoms with Gasteiger partial charge in [-0.25, -0.2) is 4.98 Å². The minimum atomic E-state index is 0.0374. The van der Waals surface area contributed by atoms with E-state index in [0.717, 1.165) is 37.0 Å². The van der Waals surface area contributed by atoms with Crippen LogP contribution in [0, 0.1) is 12.8 Å². The number of aromatic amines is 1. The first-order valence-corrected chi connectivity index (χ1v) is 7.42. The molecule has 0 radical (unpaired) electrons. The number of pyridine rings is 1. The van der Waals surface area contributed by atoms with E-state index in [9.17, 15) is 4.79 Å². The highest BCUT2D eigenvalue weighted by atomic mass is 16.2. The molecular weight excluding hydrogens is 266 g/mol. The van der Waals surface area contributed by atoms with Gasteiger partial charge in [0.15, 0.2) is 5.65 Å². The summed E-state index contributed by atoms with van der Waals surface area (Å²) in [6.45, 7) is 5.47. The number of piperidine rings is 1. The van der Waals surface area contributed by atoms with Crippen LogP contribution in [0.1, 0.15) is 35.8 Å². The predicted octanol–water partition coefficient (Wildman–Crippen LogP) is 1.47. The first-order valence-electron chi connectivity index (χ1n) is 7.42. The molecule has 6 nitrogen and oxygen atoms in total. The Morgan fingerprint density at radius 2 is 2.38 bits per heavy atom. The van der Waals surface area contributed by atoms with Crippen LogP contribution in [0.15, 0.2) is 12.3 Å². The van der Waals surface area contributed by atoms with Crippen LogP contribution in [0.2, 0.25) is 0 Å². The van der Waals surface area contributed by atoms with Crippen molar-refractivity contribution in [2.24, 2.45) is 11.7 Å². The highest BCUT2D eigenvalue weighted by Crippen LogP contribution is 2.22. The Morgan fingerprint density at radius 3 is 3.14 bits per heavy atom. The number of likely N-dealkylation sites (tertiary alicyclic amines) is 1. The van der Waals surface area contributed by atoms with E-state index in [4.69, 9.17) is 5.73 Å². The zero-order valence-corrected chi connectivity index (χ0v) is 12.5. The third-order valence-corrected chi connectivity index (χ3v) is 4.34. The molecule has 2 aromatic rings. The molecule has 2 unspecified atom stereocenters. The van der Waals surface area contributed by atoms with E-state index in [1.54, 1.807) is 6.20 Å². The first-order chi connectivity index (χ1) is 10.1. The molecule has 0 bridgehead atoms. The summed E-state index contributed by atoms with van der Waals surface area (Å²) in [5, 5.41) is 7.88. The fourth-order valence-electron chi connectivity index (χ4n) is 2.94. The van der Waals surface area contributed by atoms with E-state index < -0.39 is 0 Å². The summed E-state index contributed by atoms with van der Waals surface area (Å²) >= 11 is 0. The Hall–Kier alpha value is -1.95. The Kier molecular flexibility index (Phi) is 3.63. The van der Waals surface area contributed by atoms with Crippen molar-refractivity contribution in [3.05, 3.63) is 23.5 Å². The molecule has 1 saturated heterocycles. The lowest BCUT2D eigenvalue weighted by Gasteiger charge is -2.34. The Balaban J connectivity index is 1.84. The van der Waals surface area contributed by atoms with E-state index in [0.29, 0.717) is 17.1 Å². The summed E-state index contributed by atoms with van der Waals surface area (Å²) in [5.74, 6) is 0.422. The maximum Gasteiger partial charge on any atom is 0.255 e. The second kappa shape index (κ2) is 5.44. The van der Waals surface area contributed by atoms with Crippen molar-refractivity contribution in [1.29, 1.82) is 0 Å². The van der Waals surface area contributed by atoms with Crippen LogP contribution in [0.4, 0.5) is 0 Å². The van der Waals surface area contributed by atoms with Crippen LogP contribution in [-0.2, 0) is 0 Å². The smallest absolute Gasteiger partial charge is 0.255 e. The van der Waals surface area contributed by atoms with E-state index >= 15 is 0 Å². The number of carbonyl (C=O) groups is 1. The number of fused-ring (bicyclic) bond motifs is 1. The van der Waals surface area contributed by atoms with Crippen molar-refractivity contribution in [3.63, 3.8) is 0 Å². The summed E-state index contributed by atoms with van der Waals surface area (Å²) in [6, 6.07) is 2.00. The number of nitrogens with zero attached hydrogens (tertiary/aromatic N) is 3. The number of hydrogen-bond donors (Lipinski definition) is 2. The molecule has 21 heavy (non-hydrogen) atoms. The van der Waals surface area contributed by atoms with Crippen LogP contribution >= 0.6 is 0 Å². The lowest BCUT2D eigenvalue weighted by atomic mass is 9.92. The quantitative estimate of drug-likeness (QED) is 0.875. The second-order valence-corrected chi connectivity index (χ2v) is 5.96. The van der Waals surface area contributed by atoms with Gasteiger partial charge in [-0.3, -0.25) is 9.89 Å². The van der Waals surface area contributed by atoms with Crippen molar-refractivity contribution in [3.8, 4) is 0 Å². The largest absolute Gasteiger partial charge is 0.338 e. The topological polar surface area (TPSA) is 87.9 Å². The number of aromatic nitrogens is 3. The maximum absolute atomic E-state index is 12.7. The molecule has 0 saturated carbocycles. The van der Waals surface area contributed by atoms with Crippen molar-refractivity contribution in [2.45, 2.75) is 32.7 Å². The normalized spacial score (nSPS) is 20.7. The lowest BCUT2D eigenvalue weighted by Crippen LogP contribution is -2.45. The molecule has 0 aromatic carbocycles. The minimum Gasteiger partial charge on any atom is -0.338 e. The average Bonchev–Trinajstić information content (AvgIpc) is 2.87. The number of nitrogens with two attached hydrogens (primary N) is 1. The molecule has 1 amide bonds. The van der Waals surface area contributed by atoms with Gasteiger partial charge in [0.2, 0.25) is 0 Å². The number of hydrogen-bond acceptors (Lipinski definition) is 4. The van der Waals surface area contributed by atoms with Crippen LogP contribution in [0.3, 0.4) is 0 Å². The SMILES string of the molecule is Cc1[nH]nc2ncc(C(=O)N3CCCC(C(C)N)C3)cc12. The van der Waals surface area contributed by atoms with Crippen LogP contribution in [0.5, 0.6) is 0 Å². The monoisotopic (exact) mass is 287 g/mol. The zero-order chi connectivity index (χ0) is 15.0. The van der Waals surface area contributed by atoms with Crippen molar-refractivity contribution >= 4 is 16.9 Å². The fourth-order valence-corrected chi connectivity index (χ4v) is 2.94. The Bertz CT molecular complexity index is 663. The molecule has 0 spiro atoms. The first kappa shape index (κ1) is 14.0. The molecule has 3 rings (SSSR count). The number of amides is 1. The van der Waals surface area contributed by atoms with Gasteiger partial charge in [-0.15, -0.1) is 0 Å². The van der Waals surface area contributed by atoms with Gasteiger partial charge < -0.3 is 10.6 Å². The number of nitrogens with one attached hydrogen (secondary N) is 1. The molecule has 1 fully saturated rings. The van der Waals surface area contributed by atoms with Gasteiger partial charge in [-0.1, -0.05) is 0 Å². The van der Waals surface area contributed by atoms with Crippen LogP contribution in [0.25, 0.3) is 11.0 Å². The predicted molar refractivity (Wildman–Crippen MR) is 80.9 cm³/mol. The Labute approximate surface area is 123 Å². The van der Waals surface area contributed by atoms with Crippen LogP contribution < -0.4 is 5.73 Å². The van der Waals surface area contributed by atoms with Gasteiger partial charge in [0.1, 0.15) is 0 Å².